The van der Waals surface area contributed by atoms with E-state index in [1.807, 2.05) is 26.0 Å². The number of aliphatic hydroxyl groups excluding tert-OH is 1. The summed E-state index contributed by atoms with van der Waals surface area (Å²) in [7, 11) is 0. The summed E-state index contributed by atoms with van der Waals surface area (Å²) in [6, 6.07) is 4.75. The predicted octanol–water partition coefficient (Wildman–Crippen LogP) is 3.22. The van der Waals surface area contributed by atoms with Gasteiger partial charge in [-0.25, -0.2) is 0 Å². The fourth-order valence-corrected chi connectivity index (χ4v) is 8.79. The molecule has 2 bridgehead atoms. The molecule has 1 aromatic carbocycles. The lowest BCUT2D eigenvalue weighted by atomic mass is 9.66. The Kier molecular flexibility index (Phi) is 7.50. The third-order valence-corrected chi connectivity index (χ3v) is 10.0. The average molecular weight is 508 g/mol. The van der Waals surface area contributed by atoms with Crippen LogP contribution in [0, 0.1) is 24.7 Å². The zero-order chi connectivity index (χ0) is 24.6. The van der Waals surface area contributed by atoms with Gasteiger partial charge in [0.05, 0.1) is 27.3 Å². The maximum absolute atomic E-state index is 13.9. The van der Waals surface area contributed by atoms with E-state index in [1.165, 1.54) is 0 Å². The zero-order valence-electron chi connectivity index (χ0n) is 20.0. The van der Waals surface area contributed by atoms with E-state index in [0.29, 0.717) is 36.6 Å². The highest BCUT2D eigenvalue weighted by Crippen LogP contribution is 2.68. The number of para-hydroxylation sites is 1. The Morgan fingerprint density at radius 2 is 2.06 bits per heavy atom. The highest BCUT2D eigenvalue weighted by atomic mass is 35.5. The molecule has 0 aromatic heterocycles. The number of aliphatic hydroxyl groups is 1. The number of nitrogens with one attached hydrogen (secondary N) is 2. The molecule has 9 heteroatoms. The number of likely N-dealkylation sites (tertiary alicyclic amines) is 1. The Morgan fingerprint density at radius 1 is 1.29 bits per heavy atom. The number of unbranched alkanes of at least 4 members (excludes halogenated alkanes) is 1. The standard InChI is InChI=1S/C25H34ClN3O4S/c1-4-10-27-22(31)18-17-13-15(3)25(34-17)19(18)24(33)29(11-5-6-12-30)21(25)23(32)28-20-14(2)8-7-9-16(20)26/h7-9,15,17-19,21,30H,4-6,10-13H2,1-3H3,(H,27,31)(H,28,32)/t15?,17-,18+,19+,21?,25?/m1/s1. The number of thioether (sulfide) groups is 1. The van der Waals surface area contributed by atoms with Gasteiger partial charge in [-0.2, -0.15) is 0 Å². The monoisotopic (exact) mass is 507 g/mol. The Bertz CT molecular complexity index is 955. The van der Waals surface area contributed by atoms with Gasteiger partial charge >= 0.3 is 0 Å². The van der Waals surface area contributed by atoms with Crippen molar-refractivity contribution in [2.75, 3.05) is 25.0 Å². The Hall–Kier alpha value is -1.77. The highest BCUT2D eigenvalue weighted by Gasteiger charge is 2.75. The minimum atomic E-state index is -0.701. The highest BCUT2D eigenvalue weighted by molar-refractivity contribution is 8.02. The van der Waals surface area contributed by atoms with Crippen molar-refractivity contribution >= 4 is 46.8 Å². The van der Waals surface area contributed by atoms with Crippen molar-refractivity contribution in [1.29, 1.82) is 0 Å². The summed E-state index contributed by atoms with van der Waals surface area (Å²) >= 11 is 8.06. The smallest absolute Gasteiger partial charge is 0.248 e. The van der Waals surface area contributed by atoms with E-state index in [2.05, 4.69) is 17.6 Å². The van der Waals surface area contributed by atoms with Crippen LogP contribution in [-0.2, 0) is 14.4 Å². The van der Waals surface area contributed by atoms with Gasteiger partial charge in [0.2, 0.25) is 17.7 Å². The summed E-state index contributed by atoms with van der Waals surface area (Å²) in [5.41, 5.74) is 1.40. The number of aryl methyl sites for hydroxylation is 1. The number of amides is 3. The van der Waals surface area contributed by atoms with Gasteiger partial charge in [-0.1, -0.05) is 37.6 Å². The molecule has 7 nitrogen and oxygen atoms in total. The fraction of sp³-hybridized carbons (Fsp3) is 0.640. The number of nitrogens with zero attached hydrogens (tertiary/aromatic N) is 1. The number of benzene rings is 1. The van der Waals surface area contributed by atoms with Gasteiger partial charge in [0.1, 0.15) is 6.04 Å². The number of hydrogen-bond acceptors (Lipinski definition) is 5. The van der Waals surface area contributed by atoms with Gasteiger partial charge in [0.25, 0.3) is 0 Å². The molecule has 1 spiro atoms. The maximum Gasteiger partial charge on any atom is 0.248 e. The maximum atomic E-state index is 13.9. The Balaban J connectivity index is 1.71. The summed E-state index contributed by atoms with van der Waals surface area (Å²) in [5, 5.41) is 15.8. The summed E-state index contributed by atoms with van der Waals surface area (Å²) < 4.78 is -0.658. The van der Waals surface area contributed by atoms with Crippen LogP contribution in [-0.4, -0.2) is 63.5 Å². The molecule has 0 radical (unpaired) electrons. The van der Waals surface area contributed by atoms with Gasteiger partial charge < -0.3 is 20.6 Å². The van der Waals surface area contributed by atoms with Crippen molar-refractivity contribution in [3.63, 3.8) is 0 Å². The second kappa shape index (κ2) is 10.1. The van der Waals surface area contributed by atoms with Crippen LogP contribution in [0.25, 0.3) is 0 Å². The number of carbonyl (C=O) groups excluding carboxylic acids is 3. The van der Waals surface area contributed by atoms with Crippen molar-refractivity contribution < 1.29 is 19.5 Å². The summed E-state index contributed by atoms with van der Waals surface area (Å²) in [6.45, 7) is 6.96. The largest absolute Gasteiger partial charge is 0.396 e. The lowest BCUT2D eigenvalue weighted by molar-refractivity contribution is -0.139. The van der Waals surface area contributed by atoms with Crippen molar-refractivity contribution in [1.82, 2.24) is 10.2 Å². The number of anilines is 1. The number of rotatable bonds is 9. The molecule has 0 saturated carbocycles. The summed E-state index contributed by atoms with van der Waals surface area (Å²) in [4.78, 5) is 42.6. The molecule has 3 amide bonds. The SMILES string of the molecule is CCCNC(=O)[C@@H]1[C@H]2C(=O)N(CCCCO)C(C(=O)Nc3c(C)cccc3Cl)C23S[C@@H]1CC3C. The number of halogens is 1. The minimum Gasteiger partial charge on any atom is -0.396 e. The molecule has 3 heterocycles. The van der Waals surface area contributed by atoms with Crippen LogP contribution < -0.4 is 10.6 Å². The second-order valence-corrected chi connectivity index (χ2v) is 11.7. The van der Waals surface area contributed by atoms with E-state index in [1.54, 1.807) is 22.7 Å². The van der Waals surface area contributed by atoms with E-state index in [9.17, 15) is 19.5 Å². The van der Waals surface area contributed by atoms with E-state index in [-0.39, 0.29) is 35.5 Å². The first-order chi connectivity index (χ1) is 16.3. The van der Waals surface area contributed by atoms with Crippen LogP contribution in [0.1, 0.15) is 45.1 Å². The van der Waals surface area contributed by atoms with E-state index >= 15 is 0 Å². The number of hydrogen-bond donors (Lipinski definition) is 3. The van der Waals surface area contributed by atoms with Crippen molar-refractivity contribution in [2.24, 2.45) is 17.8 Å². The van der Waals surface area contributed by atoms with Crippen LogP contribution in [0.4, 0.5) is 5.69 Å². The second-order valence-electron chi connectivity index (χ2n) is 9.73. The molecule has 6 atom stereocenters. The molecule has 1 aromatic rings. The lowest BCUT2D eigenvalue weighted by Crippen LogP contribution is -2.55. The average Bonchev–Trinajstić information content (AvgIpc) is 3.39. The number of fused-ring (bicyclic) bond motifs is 1. The Morgan fingerprint density at radius 3 is 2.74 bits per heavy atom. The number of carbonyl (C=O) groups is 3. The molecule has 3 fully saturated rings. The molecule has 0 aliphatic carbocycles. The summed E-state index contributed by atoms with van der Waals surface area (Å²) in [5.74, 6) is -1.30. The van der Waals surface area contributed by atoms with Crippen LogP contribution in [0.5, 0.6) is 0 Å². The van der Waals surface area contributed by atoms with Crippen LogP contribution >= 0.6 is 23.4 Å². The van der Waals surface area contributed by atoms with Crippen LogP contribution in [0.2, 0.25) is 5.02 Å². The van der Waals surface area contributed by atoms with Crippen molar-refractivity contribution in [3.05, 3.63) is 28.8 Å². The van der Waals surface area contributed by atoms with Crippen molar-refractivity contribution in [2.45, 2.75) is 62.5 Å². The predicted molar refractivity (Wildman–Crippen MR) is 135 cm³/mol. The Labute approximate surface area is 210 Å². The van der Waals surface area contributed by atoms with Crippen molar-refractivity contribution in [3.8, 4) is 0 Å². The molecule has 186 valence electrons. The van der Waals surface area contributed by atoms with Gasteiger partial charge in [0, 0.05) is 24.9 Å². The first kappa shape index (κ1) is 25.3. The zero-order valence-corrected chi connectivity index (χ0v) is 21.5. The topological polar surface area (TPSA) is 98.7 Å². The quantitative estimate of drug-likeness (QED) is 0.446. The lowest BCUT2D eigenvalue weighted by Gasteiger charge is -2.38. The summed E-state index contributed by atoms with van der Waals surface area (Å²) in [6.07, 6.45) is 2.77. The van der Waals surface area contributed by atoms with Gasteiger partial charge in [0.15, 0.2) is 0 Å². The third-order valence-electron chi connectivity index (χ3n) is 7.62. The minimum absolute atomic E-state index is 0.0257. The fourth-order valence-electron chi connectivity index (χ4n) is 6.10. The first-order valence-electron chi connectivity index (χ1n) is 12.2. The molecule has 4 rings (SSSR count). The molecule has 3 aliphatic heterocycles. The first-order valence-corrected chi connectivity index (χ1v) is 13.5. The molecular weight excluding hydrogens is 474 g/mol. The van der Waals surface area contributed by atoms with Crippen LogP contribution in [0.15, 0.2) is 18.2 Å². The van der Waals surface area contributed by atoms with E-state index < -0.39 is 22.6 Å². The van der Waals surface area contributed by atoms with Crippen LogP contribution in [0.3, 0.4) is 0 Å². The van der Waals surface area contributed by atoms with E-state index in [0.717, 1.165) is 18.4 Å². The third kappa shape index (κ3) is 4.01. The molecule has 3 N–H and O–H groups in total. The van der Waals surface area contributed by atoms with E-state index in [4.69, 9.17) is 11.6 Å². The molecule has 3 aliphatic rings. The van der Waals surface area contributed by atoms with Gasteiger partial charge in [-0.05, 0) is 50.2 Å². The molecular formula is C25H34ClN3O4S. The van der Waals surface area contributed by atoms with Gasteiger partial charge in [-0.3, -0.25) is 14.4 Å². The van der Waals surface area contributed by atoms with Gasteiger partial charge in [-0.15, -0.1) is 11.8 Å². The molecule has 34 heavy (non-hydrogen) atoms. The molecule has 3 unspecified atom stereocenters. The molecule has 3 saturated heterocycles. The normalized spacial score (nSPS) is 31.6.